The molecule has 0 bridgehead atoms. The zero-order chi connectivity index (χ0) is 42.3. The number of ether oxygens (including phenoxy) is 1. The molecule has 0 saturated heterocycles. The minimum Gasteiger partial charge on any atom is -0.458 e. The first-order chi connectivity index (χ1) is 30.0. The van der Waals surface area contributed by atoms with Crippen LogP contribution in [0.15, 0.2) is 176 Å². The van der Waals surface area contributed by atoms with E-state index in [9.17, 15) is 0 Å². The van der Waals surface area contributed by atoms with Gasteiger partial charge in [0.05, 0.1) is 52.5 Å². The molecule has 0 unspecified atom stereocenters. The molecule has 0 aliphatic rings. The number of imidazole rings is 1. The van der Waals surface area contributed by atoms with Crippen LogP contribution in [-0.2, 0) is 5.41 Å². The van der Waals surface area contributed by atoms with Crippen molar-refractivity contribution in [2.24, 2.45) is 0 Å². The van der Waals surface area contributed by atoms with Crippen molar-refractivity contribution in [1.29, 1.82) is 0 Å². The van der Waals surface area contributed by atoms with Gasteiger partial charge in [-0.1, -0.05) is 137 Å². The van der Waals surface area contributed by atoms with Gasteiger partial charge in [0.1, 0.15) is 17.3 Å². The van der Waals surface area contributed by atoms with E-state index in [-0.39, 0.29) is 5.41 Å². The summed E-state index contributed by atoms with van der Waals surface area (Å²) in [6.45, 7) is 14.0. The Labute approximate surface area is 362 Å². The summed E-state index contributed by atoms with van der Waals surface area (Å²) in [5.74, 6) is 2.38. The van der Waals surface area contributed by atoms with Crippen molar-refractivity contribution >= 4 is 67.9 Å². The zero-order valence-corrected chi connectivity index (χ0v) is 36.9. The minimum absolute atomic E-state index is 0.0103. The molecule has 0 N–H and O–H groups in total. The van der Waals surface area contributed by atoms with Crippen molar-refractivity contribution in [1.82, 2.24) is 18.7 Å². The molecular weight excluding hydrogens is 775 g/mol. The lowest BCUT2D eigenvalue weighted by Crippen LogP contribution is -2.47. The second kappa shape index (κ2) is 14.2. The fraction of sp³-hybridized carbons (Fsp3) is 0.127. The molecule has 4 aromatic heterocycles. The van der Waals surface area contributed by atoms with Gasteiger partial charge < -0.3 is 9.30 Å². The van der Waals surface area contributed by atoms with Crippen LogP contribution in [0, 0.1) is 6.33 Å². The van der Waals surface area contributed by atoms with E-state index in [1.54, 1.807) is 0 Å². The standard InChI is InChI=1S/C55H47N5OSi/c1-55(2,3)37-31-32-56-52(33-37)60-47-24-13-10-21-42(47)44-28-27-41(35-50(44)60)61-40-20-16-19-39(34-40)57-36-58(49-26-15-14-25-48(49)57)54-51(62(4,5)6)30-29-45-43-22-11-12-23-46(43)59(53(45)54)38-17-8-7-9-18-38/h7-35H,1-6H3. The third-order valence-electron chi connectivity index (χ3n) is 12.2. The van der Waals surface area contributed by atoms with Gasteiger partial charge in [0.2, 0.25) is 0 Å². The number of benzene rings is 7. The molecule has 11 aromatic rings. The monoisotopic (exact) mass is 821 g/mol. The highest BCUT2D eigenvalue weighted by Crippen LogP contribution is 2.38. The number of rotatable bonds is 7. The van der Waals surface area contributed by atoms with Crippen LogP contribution in [0.2, 0.25) is 19.6 Å². The Bertz CT molecular complexity index is 3530. The Hall–Kier alpha value is -7.22. The maximum atomic E-state index is 6.77. The highest BCUT2D eigenvalue weighted by atomic mass is 28.3. The van der Waals surface area contributed by atoms with Crippen LogP contribution in [0.4, 0.5) is 0 Å². The lowest BCUT2D eigenvalue weighted by Gasteiger charge is -2.24. The predicted molar refractivity (Wildman–Crippen MR) is 258 cm³/mol. The summed E-state index contributed by atoms with van der Waals surface area (Å²) in [5.41, 5.74) is 11.2. The molecule has 0 fully saturated rings. The van der Waals surface area contributed by atoms with E-state index in [0.29, 0.717) is 0 Å². The van der Waals surface area contributed by atoms with Crippen molar-refractivity contribution in [3.63, 3.8) is 0 Å². The maximum absolute atomic E-state index is 6.77. The molecular formula is C55H47N5OSi. The first kappa shape index (κ1) is 37.8. The second-order valence-electron chi connectivity index (χ2n) is 18.3. The lowest BCUT2D eigenvalue weighted by molar-refractivity contribution is -0.570. The van der Waals surface area contributed by atoms with Gasteiger partial charge in [-0.05, 0) is 82.9 Å². The van der Waals surface area contributed by atoms with Gasteiger partial charge >= 0.3 is 0 Å². The van der Waals surface area contributed by atoms with Crippen LogP contribution in [0.25, 0.3) is 77.5 Å². The van der Waals surface area contributed by atoms with Gasteiger partial charge in [-0.3, -0.25) is 13.7 Å². The molecule has 302 valence electrons. The van der Waals surface area contributed by atoms with Crippen LogP contribution in [0.3, 0.4) is 0 Å². The highest BCUT2D eigenvalue weighted by molar-refractivity contribution is 6.89. The summed E-state index contributed by atoms with van der Waals surface area (Å²) in [5, 5.41) is 6.17. The molecule has 7 heteroatoms. The molecule has 11 rings (SSSR count). The van der Waals surface area contributed by atoms with E-state index < -0.39 is 8.07 Å². The summed E-state index contributed by atoms with van der Waals surface area (Å²) in [6, 6.07) is 60.5. The summed E-state index contributed by atoms with van der Waals surface area (Å²) in [7, 11) is -1.92. The molecule has 4 heterocycles. The molecule has 0 saturated carbocycles. The van der Waals surface area contributed by atoms with E-state index in [0.717, 1.165) is 56.1 Å². The second-order valence-corrected chi connectivity index (χ2v) is 23.4. The van der Waals surface area contributed by atoms with E-state index >= 15 is 0 Å². The van der Waals surface area contributed by atoms with Crippen LogP contribution in [0.5, 0.6) is 11.5 Å². The summed E-state index contributed by atoms with van der Waals surface area (Å²) >= 11 is 0. The van der Waals surface area contributed by atoms with E-state index in [2.05, 4.69) is 229 Å². The van der Waals surface area contributed by atoms with E-state index in [1.807, 2.05) is 12.3 Å². The molecule has 0 amide bonds. The third-order valence-corrected chi connectivity index (χ3v) is 14.2. The van der Waals surface area contributed by atoms with Gasteiger partial charge in [0, 0.05) is 39.5 Å². The van der Waals surface area contributed by atoms with Crippen LogP contribution in [0.1, 0.15) is 26.3 Å². The normalized spacial score (nSPS) is 12.4. The molecule has 0 atom stereocenters. The fourth-order valence-corrected chi connectivity index (χ4v) is 10.7. The number of pyridine rings is 1. The molecule has 0 radical (unpaired) electrons. The third kappa shape index (κ3) is 6.14. The van der Waals surface area contributed by atoms with Crippen molar-refractivity contribution in [2.45, 2.75) is 45.8 Å². The van der Waals surface area contributed by atoms with Crippen LogP contribution in [-0.4, -0.2) is 26.8 Å². The van der Waals surface area contributed by atoms with E-state index in [1.165, 1.54) is 43.6 Å². The zero-order valence-electron chi connectivity index (χ0n) is 35.9. The molecule has 6 nitrogen and oxygen atoms in total. The summed E-state index contributed by atoms with van der Waals surface area (Å²) < 4.78 is 16.0. The Balaban J connectivity index is 1.06. The smallest absolute Gasteiger partial charge is 0.269 e. The predicted octanol–water partition coefficient (Wildman–Crippen LogP) is 12.9. The number of hydrogen-bond acceptors (Lipinski definition) is 2. The topological polar surface area (TPSA) is 40.8 Å². The molecule has 62 heavy (non-hydrogen) atoms. The lowest BCUT2D eigenvalue weighted by atomic mass is 9.88. The van der Waals surface area contributed by atoms with E-state index in [4.69, 9.17) is 9.72 Å². The number of hydrogen-bond donors (Lipinski definition) is 0. The van der Waals surface area contributed by atoms with Gasteiger partial charge in [-0.25, -0.2) is 4.98 Å². The maximum Gasteiger partial charge on any atom is 0.269 e. The molecule has 0 aliphatic carbocycles. The summed E-state index contributed by atoms with van der Waals surface area (Å²) in [6.07, 6.45) is 5.82. The Kier molecular flexibility index (Phi) is 8.63. The fourth-order valence-electron chi connectivity index (χ4n) is 9.22. The highest BCUT2D eigenvalue weighted by Gasteiger charge is 2.28. The number of para-hydroxylation sites is 5. The first-order valence-electron chi connectivity index (χ1n) is 21.4. The Morgan fingerprint density at radius 1 is 0.548 bits per heavy atom. The largest absolute Gasteiger partial charge is 0.458 e. The molecule has 0 spiro atoms. The first-order valence-corrected chi connectivity index (χ1v) is 24.9. The van der Waals surface area contributed by atoms with Gasteiger partial charge in [0.15, 0.2) is 0 Å². The number of nitrogens with zero attached hydrogens (tertiary/aromatic N) is 5. The van der Waals surface area contributed by atoms with Gasteiger partial charge in [-0.2, -0.15) is 0 Å². The quantitative estimate of drug-likeness (QED) is 0.0913. The molecule has 0 aliphatic heterocycles. The SMILES string of the molecule is CC(C)(C)c1ccnc(-n2c3ccccc3c3ccc(Oc4cccc(-n5[c-][n+](-c6c([Si](C)(C)C)ccc7c8ccccc8n(-c8ccccc8)c67)c6ccccc65)c4)cc32)c1. The van der Waals surface area contributed by atoms with Crippen molar-refractivity contribution in [3.05, 3.63) is 188 Å². The number of fused-ring (bicyclic) bond motifs is 7. The van der Waals surface area contributed by atoms with Crippen molar-refractivity contribution < 1.29 is 9.30 Å². The van der Waals surface area contributed by atoms with Gasteiger partial charge in [0.25, 0.3) is 6.33 Å². The average Bonchev–Trinajstić information content (AvgIpc) is 3.94. The van der Waals surface area contributed by atoms with Crippen LogP contribution >= 0.6 is 0 Å². The minimum atomic E-state index is -1.92. The molecule has 7 aromatic carbocycles. The Morgan fingerprint density at radius 2 is 1.18 bits per heavy atom. The summed E-state index contributed by atoms with van der Waals surface area (Å²) in [4.78, 5) is 4.88. The van der Waals surface area contributed by atoms with Crippen LogP contribution < -0.4 is 14.5 Å². The Morgan fingerprint density at radius 3 is 1.94 bits per heavy atom. The van der Waals surface area contributed by atoms with Crippen molar-refractivity contribution in [3.8, 4) is 34.4 Å². The average molecular weight is 822 g/mol. The van der Waals surface area contributed by atoms with Gasteiger partial charge in [-0.15, -0.1) is 0 Å². The number of aromatic nitrogens is 5. The van der Waals surface area contributed by atoms with Crippen molar-refractivity contribution in [2.75, 3.05) is 0 Å².